The summed E-state index contributed by atoms with van der Waals surface area (Å²) in [6, 6.07) is 19.5. The smallest absolute Gasteiger partial charge is 0.227 e. The van der Waals surface area contributed by atoms with Crippen LogP contribution in [0.25, 0.3) is 0 Å². The number of amides is 1. The lowest BCUT2D eigenvalue weighted by atomic mass is 10.1. The third-order valence-electron chi connectivity index (χ3n) is 3.63. The molecule has 23 heavy (non-hydrogen) atoms. The van der Waals surface area contributed by atoms with Gasteiger partial charge in [0, 0.05) is 18.1 Å². The summed E-state index contributed by atoms with van der Waals surface area (Å²) in [6.45, 7) is 1.09. The molecular formula is C19H19ClN2O. The molecule has 0 aromatic heterocycles. The first kappa shape index (κ1) is 17.1. The van der Waals surface area contributed by atoms with Gasteiger partial charge in [0.15, 0.2) is 0 Å². The predicted octanol–water partition coefficient (Wildman–Crippen LogP) is 3.87. The van der Waals surface area contributed by atoms with E-state index in [-0.39, 0.29) is 5.91 Å². The second-order valence-electron chi connectivity index (χ2n) is 5.33. The zero-order valence-corrected chi connectivity index (χ0v) is 13.7. The van der Waals surface area contributed by atoms with E-state index >= 15 is 0 Å². The molecule has 0 bridgehead atoms. The van der Waals surface area contributed by atoms with Gasteiger partial charge in [0.05, 0.1) is 18.9 Å². The maximum absolute atomic E-state index is 12.5. The van der Waals surface area contributed by atoms with E-state index in [1.807, 2.05) is 42.5 Å². The fourth-order valence-electron chi connectivity index (χ4n) is 2.34. The Morgan fingerprint density at radius 1 is 1.00 bits per heavy atom. The lowest BCUT2D eigenvalue weighted by Crippen LogP contribution is -2.34. The van der Waals surface area contributed by atoms with Gasteiger partial charge in [0.2, 0.25) is 5.91 Å². The van der Waals surface area contributed by atoms with Crippen LogP contribution in [0.15, 0.2) is 54.6 Å². The highest BCUT2D eigenvalue weighted by atomic mass is 35.5. The number of carbonyl (C=O) groups excluding carboxylic acids is 1. The summed E-state index contributed by atoms with van der Waals surface area (Å²) in [4.78, 5) is 14.3. The third-order valence-corrected chi connectivity index (χ3v) is 3.88. The molecule has 0 saturated heterocycles. The zero-order valence-electron chi connectivity index (χ0n) is 12.9. The van der Waals surface area contributed by atoms with E-state index in [0.717, 1.165) is 12.0 Å². The summed E-state index contributed by atoms with van der Waals surface area (Å²) in [7, 11) is 0. The summed E-state index contributed by atoms with van der Waals surface area (Å²) < 4.78 is 0. The Morgan fingerprint density at radius 3 is 2.35 bits per heavy atom. The molecule has 0 spiro atoms. The molecule has 4 heteroatoms. The second kappa shape index (κ2) is 8.97. The van der Waals surface area contributed by atoms with Crippen LogP contribution in [0.3, 0.4) is 0 Å². The first-order chi connectivity index (χ1) is 11.2. The van der Waals surface area contributed by atoms with E-state index in [9.17, 15) is 4.79 Å². The standard InChI is InChI=1S/C19H19ClN2O/c20-18-9-7-17(8-10-18)15-19(23)22(13-4-12-21)14-11-16-5-2-1-3-6-16/h1-3,5-10H,4,11,13-15H2. The van der Waals surface area contributed by atoms with Gasteiger partial charge in [-0.1, -0.05) is 54.1 Å². The number of hydrogen-bond acceptors (Lipinski definition) is 2. The lowest BCUT2D eigenvalue weighted by Gasteiger charge is -2.22. The van der Waals surface area contributed by atoms with Crippen molar-refractivity contribution < 1.29 is 4.79 Å². The number of hydrogen-bond donors (Lipinski definition) is 0. The fraction of sp³-hybridized carbons (Fsp3) is 0.263. The molecular weight excluding hydrogens is 308 g/mol. The van der Waals surface area contributed by atoms with Crippen molar-refractivity contribution in [2.24, 2.45) is 0 Å². The van der Waals surface area contributed by atoms with Crippen LogP contribution >= 0.6 is 11.6 Å². The molecule has 2 rings (SSSR count). The molecule has 0 radical (unpaired) electrons. The highest BCUT2D eigenvalue weighted by Gasteiger charge is 2.14. The van der Waals surface area contributed by atoms with E-state index in [4.69, 9.17) is 16.9 Å². The number of rotatable bonds is 7. The van der Waals surface area contributed by atoms with Crippen molar-refractivity contribution in [3.8, 4) is 6.07 Å². The van der Waals surface area contributed by atoms with Crippen LogP contribution in [0.4, 0.5) is 0 Å². The summed E-state index contributed by atoms with van der Waals surface area (Å²) in [5, 5.41) is 9.46. The van der Waals surface area contributed by atoms with Crippen LogP contribution in [0.5, 0.6) is 0 Å². The molecule has 0 saturated carbocycles. The Morgan fingerprint density at radius 2 is 1.70 bits per heavy atom. The van der Waals surface area contributed by atoms with Crippen LogP contribution in [0, 0.1) is 11.3 Å². The minimum Gasteiger partial charge on any atom is -0.341 e. The van der Waals surface area contributed by atoms with Gasteiger partial charge in [-0.3, -0.25) is 4.79 Å². The quantitative estimate of drug-likeness (QED) is 0.775. The van der Waals surface area contributed by atoms with Crippen molar-refractivity contribution in [3.63, 3.8) is 0 Å². The number of nitriles is 1. The largest absolute Gasteiger partial charge is 0.341 e. The van der Waals surface area contributed by atoms with Crippen LogP contribution in [0.2, 0.25) is 5.02 Å². The van der Waals surface area contributed by atoms with Crippen LogP contribution in [-0.2, 0) is 17.6 Å². The van der Waals surface area contributed by atoms with Gasteiger partial charge in [-0.15, -0.1) is 0 Å². The molecule has 0 fully saturated rings. The Labute approximate surface area is 142 Å². The van der Waals surface area contributed by atoms with Gasteiger partial charge >= 0.3 is 0 Å². The number of halogens is 1. The molecule has 3 nitrogen and oxygen atoms in total. The van der Waals surface area contributed by atoms with Gasteiger partial charge in [-0.05, 0) is 29.7 Å². The van der Waals surface area contributed by atoms with Crippen molar-refractivity contribution in [1.82, 2.24) is 4.90 Å². The molecule has 0 N–H and O–H groups in total. The van der Waals surface area contributed by atoms with E-state index in [2.05, 4.69) is 6.07 Å². The first-order valence-electron chi connectivity index (χ1n) is 7.62. The predicted molar refractivity (Wildman–Crippen MR) is 92.1 cm³/mol. The third kappa shape index (κ3) is 5.77. The molecule has 0 aliphatic rings. The van der Waals surface area contributed by atoms with Crippen molar-refractivity contribution in [3.05, 3.63) is 70.7 Å². The number of nitrogens with zero attached hydrogens (tertiary/aromatic N) is 2. The van der Waals surface area contributed by atoms with Gasteiger partial charge in [-0.25, -0.2) is 0 Å². The molecule has 2 aromatic rings. The van der Waals surface area contributed by atoms with Crippen molar-refractivity contribution in [2.45, 2.75) is 19.3 Å². The van der Waals surface area contributed by atoms with E-state index in [1.54, 1.807) is 17.0 Å². The van der Waals surface area contributed by atoms with E-state index in [0.29, 0.717) is 31.0 Å². The summed E-state index contributed by atoms with van der Waals surface area (Å²) >= 11 is 5.87. The fourth-order valence-corrected chi connectivity index (χ4v) is 2.47. The molecule has 118 valence electrons. The maximum Gasteiger partial charge on any atom is 0.227 e. The van der Waals surface area contributed by atoms with Gasteiger partial charge in [-0.2, -0.15) is 5.26 Å². The average Bonchev–Trinajstić information content (AvgIpc) is 2.58. The van der Waals surface area contributed by atoms with E-state index < -0.39 is 0 Å². The molecule has 0 heterocycles. The molecule has 0 aliphatic carbocycles. The number of carbonyl (C=O) groups is 1. The van der Waals surface area contributed by atoms with Crippen molar-refractivity contribution >= 4 is 17.5 Å². The molecule has 2 aromatic carbocycles. The summed E-state index contributed by atoms with van der Waals surface area (Å²) in [5.41, 5.74) is 2.12. The normalized spacial score (nSPS) is 10.1. The average molecular weight is 327 g/mol. The minimum atomic E-state index is 0.0403. The Hall–Kier alpha value is -2.31. The van der Waals surface area contributed by atoms with Gasteiger partial charge in [0.1, 0.15) is 0 Å². The van der Waals surface area contributed by atoms with Gasteiger partial charge in [0.25, 0.3) is 0 Å². The molecule has 0 unspecified atom stereocenters. The Balaban J connectivity index is 1.97. The van der Waals surface area contributed by atoms with Crippen molar-refractivity contribution in [2.75, 3.05) is 13.1 Å². The Bertz CT molecular complexity index is 662. The topological polar surface area (TPSA) is 44.1 Å². The van der Waals surface area contributed by atoms with E-state index in [1.165, 1.54) is 5.56 Å². The lowest BCUT2D eigenvalue weighted by molar-refractivity contribution is -0.130. The monoisotopic (exact) mass is 326 g/mol. The second-order valence-corrected chi connectivity index (χ2v) is 5.76. The molecule has 0 aliphatic heterocycles. The van der Waals surface area contributed by atoms with Crippen LogP contribution in [-0.4, -0.2) is 23.9 Å². The maximum atomic E-state index is 12.5. The summed E-state index contributed by atoms with van der Waals surface area (Å²) in [6.07, 6.45) is 1.47. The number of benzene rings is 2. The molecule has 0 atom stereocenters. The van der Waals surface area contributed by atoms with Crippen LogP contribution < -0.4 is 0 Å². The van der Waals surface area contributed by atoms with Gasteiger partial charge < -0.3 is 4.90 Å². The zero-order chi connectivity index (χ0) is 16.5. The van der Waals surface area contributed by atoms with Crippen LogP contribution in [0.1, 0.15) is 17.5 Å². The van der Waals surface area contributed by atoms with Crippen molar-refractivity contribution in [1.29, 1.82) is 5.26 Å². The SMILES string of the molecule is N#CCCN(CCc1ccccc1)C(=O)Cc1ccc(Cl)cc1. The minimum absolute atomic E-state index is 0.0403. The highest BCUT2D eigenvalue weighted by Crippen LogP contribution is 2.11. The molecule has 1 amide bonds. The highest BCUT2D eigenvalue weighted by molar-refractivity contribution is 6.30. The first-order valence-corrected chi connectivity index (χ1v) is 8.00. The Kier molecular flexibility index (Phi) is 6.65. The summed E-state index contributed by atoms with van der Waals surface area (Å²) in [5.74, 6) is 0.0403.